The molecule has 0 atom stereocenters. The number of rotatable bonds is 4. The highest BCUT2D eigenvalue weighted by molar-refractivity contribution is 5.62. The van der Waals surface area contributed by atoms with Crippen LogP contribution in [0.5, 0.6) is 11.5 Å². The molecule has 2 aromatic carbocycles. The first-order chi connectivity index (χ1) is 9.47. The van der Waals surface area contributed by atoms with Crippen LogP contribution in [0.3, 0.4) is 0 Å². The second-order valence-electron chi connectivity index (χ2n) is 4.64. The molecule has 20 heavy (non-hydrogen) atoms. The fraction of sp³-hybridized carbons (Fsp3) is 0.125. The van der Waals surface area contributed by atoms with Crippen LogP contribution in [0.4, 0.5) is 5.69 Å². The zero-order valence-corrected chi connectivity index (χ0v) is 11.4. The van der Waals surface area contributed by atoms with Crippen LogP contribution in [0.25, 0.3) is 5.57 Å². The number of aryl methyl sites for hydroxylation is 1. The summed E-state index contributed by atoms with van der Waals surface area (Å²) in [5, 5.41) is 11.0. The Labute approximate surface area is 117 Å². The molecule has 2 aromatic rings. The molecule has 0 radical (unpaired) electrons. The summed E-state index contributed by atoms with van der Waals surface area (Å²) in [6.45, 7) is 7.58. The predicted molar refractivity (Wildman–Crippen MR) is 79.1 cm³/mol. The van der Waals surface area contributed by atoms with Gasteiger partial charge in [-0.3, -0.25) is 10.1 Å². The van der Waals surface area contributed by atoms with Gasteiger partial charge in [-0.05, 0) is 43.2 Å². The summed E-state index contributed by atoms with van der Waals surface area (Å²) in [7, 11) is 0. The number of hydrogen-bond acceptors (Lipinski definition) is 3. The molecule has 2 rings (SSSR count). The molecule has 0 spiro atoms. The van der Waals surface area contributed by atoms with Crippen molar-refractivity contribution in [3.8, 4) is 11.5 Å². The zero-order valence-electron chi connectivity index (χ0n) is 11.4. The lowest BCUT2D eigenvalue weighted by atomic mass is 10.1. The maximum atomic E-state index is 11.0. The molecular weight excluding hydrogens is 254 g/mol. The number of nitro benzene ring substituents is 1. The van der Waals surface area contributed by atoms with E-state index in [1.165, 1.54) is 6.07 Å². The molecule has 0 aliphatic heterocycles. The number of allylic oxidation sites excluding steroid dienone is 1. The Morgan fingerprint density at radius 3 is 2.40 bits per heavy atom. The van der Waals surface area contributed by atoms with E-state index in [4.69, 9.17) is 4.74 Å². The Morgan fingerprint density at radius 1 is 1.20 bits per heavy atom. The normalized spacial score (nSPS) is 10.1. The molecule has 0 aromatic heterocycles. The quantitative estimate of drug-likeness (QED) is 0.595. The first kappa shape index (κ1) is 13.8. The predicted octanol–water partition coefficient (Wildman–Crippen LogP) is 4.73. The van der Waals surface area contributed by atoms with E-state index < -0.39 is 4.92 Å². The largest absolute Gasteiger partial charge is 0.450 e. The fourth-order valence-corrected chi connectivity index (χ4v) is 1.79. The third-order valence-corrected chi connectivity index (χ3v) is 2.89. The van der Waals surface area contributed by atoms with Gasteiger partial charge in [0.05, 0.1) is 4.92 Å². The highest BCUT2D eigenvalue weighted by Crippen LogP contribution is 2.32. The monoisotopic (exact) mass is 269 g/mol. The molecule has 0 bridgehead atoms. The second kappa shape index (κ2) is 5.57. The summed E-state index contributed by atoms with van der Waals surface area (Å²) in [6, 6.07) is 12.2. The lowest BCUT2D eigenvalue weighted by Crippen LogP contribution is -1.94. The number of nitro groups is 1. The Balaban J connectivity index is 2.30. The van der Waals surface area contributed by atoms with Crippen molar-refractivity contribution in [3.63, 3.8) is 0 Å². The summed E-state index contributed by atoms with van der Waals surface area (Å²) in [5.41, 5.74) is 2.75. The minimum atomic E-state index is -0.440. The topological polar surface area (TPSA) is 52.4 Å². The maximum Gasteiger partial charge on any atom is 0.311 e. The molecule has 0 unspecified atom stereocenters. The number of benzene rings is 2. The fourth-order valence-electron chi connectivity index (χ4n) is 1.79. The number of nitrogens with zero attached hydrogens (tertiary/aromatic N) is 1. The average molecular weight is 269 g/mol. The molecule has 102 valence electrons. The van der Waals surface area contributed by atoms with Crippen LogP contribution >= 0.6 is 0 Å². The van der Waals surface area contributed by atoms with E-state index in [1.54, 1.807) is 31.2 Å². The summed E-state index contributed by atoms with van der Waals surface area (Å²) in [6.07, 6.45) is 0. The molecule has 0 fully saturated rings. The number of ether oxygens (including phenoxy) is 1. The second-order valence-corrected chi connectivity index (χ2v) is 4.64. The van der Waals surface area contributed by atoms with Crippen molar-refractivity contribution in [2.45, 2.75) is 13.8 Å². The van der Waals surface area contributed by atoms with Crippen LogP contribution in [0, 0.1) is 17.0 Å². The summed E-state index contributed by atoms with van der Waals surface area (Å²) in [5.74, 6) is 0.797. The SMILES string of the molecule is C=C(C)c1ccc(Oc2ccc(C)cc2[N+](=O)[O-])cc1. The minimum Gasteiger partial charge on any atom is -0.450 e. The highest BCUT2D eigenvalue weighted by Gasteiger charge is 2.15. The highest BCUT2D eigenvalue weighted by atomic mass is 16.6. The van der Waals surface area contributed by atoms with Crippen molar-refractivity contribution >= 4 is 11.3 Å². The third kappa shape index (κ3) is 3.03. The van der Waals surface area contributed by atoms with Crippen LogP contribution < -0.4 is 4.74 Å². The lowest BCUT2D eigenvalue weighted by molar-refractivity contribution is -0.385. The Morgan fingerprint density at radius 2 is 1.85 bits per heavy atom. The summed E-state index contributed by atoms with van der Waals surface area (Å²) >= 11 is 0. The van der Waals surface area contributed by atoms with Crippen molar-refractivity contribution in [1.29, 1.82) is 0 Å². The Hall–Kier alpha value is -2.62. The number of hydrogen-bond donors (Lipinski definition) is 0. The van der Waals surface area contributed by atoms with Crippen molar-refractivity contribution in [2.75, 3.05) is 0 Å². The molecule has 0 saturated heterocycles. The van der Waals surface area contributed by atoms with Gasteiger partial charge in [0.2, 0.25) is 5.75 Å². The van der Waals surface area contributed by atoms with E-state index in [9.17, 15) is 10.1 Å². The summed E-state index contributed by atoms with van der Waals surface area (Å²) in [4.78, 5) is 10.6. The van der Waals surface area contributed by atoms with E-state index in [1.807, 2.05) is 19.1 Å². The van der Waals surface area contributed by atoms with Crippen molar-refractivity contribution in [2.24, 2.45) is 0 Å². The van der Waals surface area contributed by atoms with Gasteiger partial charge in [0.1, 0.15) is 5.75 Å². The molecule has 0 heterocycles. The van der Waals surface area contributed by atoms with Gasteiger partial charge in [0.25, 0.3) is 0 Å². The van der Waals surface area contributed by atoms with Crippen LogP contribution in [-0.2, 0) is 0 Å². The Kier molecular flexibility index (Phi) is 3.84. The molecule has 0 aliphatic rings. The molecule has 0 aliphatic carbocycles. The molecule has 4 heteroatoms. The molecule has 0 saturated carbocycles. The van der Waals surface area contributed by atoms with Crippen molar-refractivity contribution in [3.05, 3.63) is 70.3 Å². The van der Waals surface area contributed by atoms with Gasteiger partial charge in [-0.15, -0.1) is 0 Å². The molecule has 0 amide bonds. The first-order valence-corrected chi connectivity index (χ1v) is 6.16. The van der Waals surface area contributed by atoms with Crippen LogP contribution in [0.15, 0.2) is 49.0 Å². The molecule has 0 N–H and O–H groups in total. The summed E-state index contributed by atoms with van der Waals surface area (Å²) < 4.78 is 5.59. The third-order valence-electron chi connectivity index (χ3n) is 2.89. The van der Waals surface area contributed by atoms with Crippen molar-refractivity contribution < 1.29 is 9.66 Å². The van der Waals surface area contributed by atoms with Crippen LogP contribution in [0.2, 0.25) is 0 Å². The van der Waals surface area contributed by atoms with Gasteiger partial charge >= 0.3 is 5.69 Å². The Bertz CT molecular complexity index is 660. The van der Waals surface area contributed by atoms with E-state index in [0.29, 0.717) is 5.75 Å². The van der Waals surface area contributed by atoms with Crippen LogP contribution in [-0.4, -0.2) is 4.92 Å². The van der Waals surface area contributed by atoms with Gasteiger partial charge in [-0.2, -0.15) is 0 Å². The standard InChI is InChI=1S/C16H15NO3/c1-11(2)13-5-7-14(8-6-13)20-16-9-4-12(3)10-15(16)17(18)19/h4-10H,1H2,2-3H3. The van der Waals surface area contributed by atoms with E-state index in [-0.39, 0.29) is 11.4 Å². The smallest absolute Gasteiger partial charge is 0.311 e. The molecular formula is C16H15NO3. The first-order valence-electron chi connectivity index (χ1n) is 6.16. The lowest BCUT2D eigenvalue weighted by Gasteiger charge is -2.08. The average Bonchev–Trinajstić information content (AvgIpc) is 2.41. The maximum absolute atomic E-state index is 11.0. The van der Waals surface area contributed by atoms with Gasteiger partial charge in [-0.25, -0.2) is 0 Å². The zero-order chi connectivity index (χ0) is 14.7. The van der Waals surface area contributed by atoms with E-state index in [0.717, 1.165) is 16.7 Å². The van der Waals surface area contributed by atoms with Gasteiger partial charge < -0.3 is 4.74 Å². The van der Waals surface area contributed by atoms with Gasteiger partial charge in [0, 0.05) is 6.07 Å². The van der Waals surface area contributed by atoms with Gasteiger partial charge in [0.15, 0.2) is 0 Å². The van der Waals surface area contributed by atoms with Crippen molar-refractivity contribution in [1.82, 2.24) is 0 Å². The van der Waals surface area contributed by atoms with Gasteiger partial charge in [-0.1, -0.05) is 30.4 Å². The minimum absolute atomic E-state index is 0.0334. The molecule has 4 nitrogen and oxygen atoms in total. The van der Waals surface area contributed by atoms with Crippen LogP contribution in [0.1, 0.15) is 18.1 Å². The van der Waals surface area contributed by atoms with E-state index >= 15 is 0 Å². The van der Waals surface area contributed by atoms with E-state index in [2.05, 4.69) is 6.58 Å².